The van der Waals surface area contributed by atoms with E-state index in [0.717, 1.165) is 0 Å². The molecule has 0 atom stereocenters. The van der Waals surface area contributed by atoms with Gasteiger partial charge in [-0.1, -0.05) is 0 Å². The normalized spacial score (nSPS) is 9.91. The summed E-state index contributed by atoms with van der Waals surface area (Å²) in [5, 5.41) is 8.47. The maximum atomic E-state index is 10.3. The molecule has 1 rings (SSSR count). The molecular formula is C7H8O4. The molecule has 11 heavy (non-hydrogen) atoms. The quantitative estimate of drug-likeness (QED) is 0.712. The maximum absolute atomic E-state index is 10.3. The molecule has 0 aliphatic rings. The fraction of sp³-hybridized carbons (Fsp3) is 0.286. The fourth-order valence-electron chi connectivity index (χ4n) is 0.711. The minimum absolute atomic E-state index is 0.150. The molecule has 0 radical (unpaired) electrons. The van der Waals surface area contributed by atoms with E-state index in [1.165, 1.54) is 19.4 Å². The largest absolute Gasteiger partial charge is 0.478 e. The Hall–Kier alpha value is -1.29. The summed E-state index contributed by atoms with van der Waals surface area (Å²) >= 11 is 0. The summed E-state index contributed by atoms with van der Waals surface area (Å²) in [5.41, 5.74) is 0.150. The molecule has 1 aromatic rings. The first-order chi connectivity index (χ1) is 5.24. The van der Waals surface area contributed by atoms with E-state index >= 15 is 0 Å². The Kier molecular flexibility index (Phi) is 2.28. The van der Waals surface area contributed by atoms with Gasteiger partial charge in [-0.25, -0.2) is 4.79 Å². The van der Waals surface area contributed by atoms with Gasteiger partial charge in [0.15, 0.2) is 0 Å². The number of ether oxygens (including phenoxy) is 1. The lowest BCUT2D eigenvalue weighted by Crippen LogP contribution is -1.92. The van der Waals surface area contributed by atoms with Gasteiger partial charge >= 0.3 is 5.97 Å². The van der Waals surface area contributed by atoms with Crippen molar-refractivity contribution in [1.82, 2.24) is 0 Å². The monoisotopic (exact) mass is 156 g/mol. The molecule has 0 amide bonds. The van der Waals surface area contributed by atoms with E-state index in [9.17, 15) is 4.79 Å². The predicted octanol–water partition coefficient (Wildman–Crippen LogP) is 1.12. The minimum Gasteiger partial charge on any atom is -0.478 e. The summed E-state index contributed by atoms with van der Waals surface area (Å²) in [6, 6.07) is 1.44. The number of rotatable bonds is 3. The zero-order valence-electron chi connectivity index (χ0n) is 6.03. The molecule has 0 saturated heterocycles. The van der Waals surface area contributed by atoms with Crippen LogP contribution in [0.2, 0.25) is 0 Å². The first-order valence-electron chi connectivity index (χ1n) is 3.03. The first-order valence-corrected chi connectivity index (χ1v) is 3.03. The molecule has 60 valence electrons. The smallest absolute Gasteiger partial charge is 0.338 e. The zero-order valence-corrected chi connectivity index (χ0v) is 6.03. The number of carbonyl (C=O) groups is 1. The topological polar surface area (TPSA) is 59.7 Å². The Labute approximate surface area is 63.4 Å². The van der Waals surface area contributed by atoms with E-state index in [2.05, 4.69) is 0 Å². The van der Waals surface area contributed by atoms with Crippen LogP contribution >= 0.6 is 0 Å². The molecule has 4 nitrogen and oxygen atoms in total. The van der Waals surface area contributed by atoms with Crippen molar-refractivity contribution in [3.05, 3.63) is 23.7 Å². The van der Waals surface area contributed by atoms with Crippen LogP contribution in [-0.2, 0) is 11.3 Å². The molecule has 1 heterocycles. The van der Waals surface area contributed by atoms with Gasteiger partial charge in [0, 0.05) is 7.11 Å². The van der Waals surface area contributed by atoms with Gasteiger partial charge in [0.25, 0.3) is 0 Å². The number of methoxy groups -OCH3 is 1. The summed E-state index contributed by atoms with van der Waals surface area (Å²) in [5.74, 6) is -0.471. The molecule has 0 spiro atoms. The van der Waals surface area contributed by atoms with Gasteiger partial charge in [-0.3, -0.25) is 0 Å². The van der Waals surface area contributed by atoms with Crippen molar-refractivity contribution in [1.29, 1.82) is 0 Å². The van der Waals surface area contributed by atoms with Crippen LogP contribution < -0.4 is 0 Å². The van der Waals surface area contributed by atoms with E-state index in [4.69, 9.17) is 14.3 Å². The number of hydrogen-bond acceptors (Lipinski definition) is 3. The van der Waals surface area contributed by atoms with Crippen LogP contribution in [0.4, 0.5) is 0 Å². The number of aromatic carboxylic acids is 1. The Morgan fingerprint density at radius 1 is 1.82 bits per heavy atom. The van der Waals surface area contributed by atoms with E-state index < -0.39 is 5.97 Å². The SMILES string of the molecule is COCc1cc(C(=O)O)co1. The van der Waals surface area contributed by atoms with Crippen molar-refractivity contribution >= 4 is 5.97 Å². The molecule has 0 saturated carbocycles. The van der Waals surface area contributed by atoms with Gasteiger partial charge in [0.1, 0.15) is 18.6 Å². The molecular weight excluding hydrogens is 148 g/mol. The lowest BCUT2D eigenvalue weighted by Gasteiger charge is -1.89. The van der Waals surface area contributed by atoms with Crippen molar-refractivity contribution in [3.63, 3.8) is 0 Å². The molecule has 1 N–H and O–H groups in total. The second-order valence-electron chi connectivity index (χ2n) is 2.04. The standard InChI is InChI=1S/C7H8O4/c1-10-4-6-2-5(3-11-6)7(8)9/h2-3H,4H2,1H3,(H,8,9). The van der Waals surface area contributed by atoms with Crippen LogP contribution in [0.3, 0.4) is 0 Å². The minimum atomic E-state index is -0.990. The van der Waals surface area contributed by atoms with E-state index in [-0.39, 0.29) is 5.56 Å². The average molecular weight is 156 g/mol. The molecule has 1 aromatic heterocycles. The van der Waals surface area contributed by atoms with E-state index in [1.54, 1.807) is 0 Å². The van der Waals surface area contributed by atoms with Crippen molar-refractivity contribution < 1.29 is 19.1 Å². The average Bonchev–Trinajstić information content (AvgIpc) is 2.37. The summed E-state index contributed by atoms with van der Waals surface area (Å²) in [7, 11) is 1.52. The summed E-state index contributed by atoms with van der Waals surface area (Å²) in [6.07, 6.45) is 1.19. The van der Waals surface area contributed by atoms with Crippen molar-refractivity contribution in [2.45, 2.75) is 6.61 Å². The maximum Gasteiger partial charge on any atom is 0.338 e. The molecule has 0 bridgehead atoms. The lowest BCUT2D eigenvalue weighted by molar-refractivity contribution is 0.0696. The molecule has 0 fully saturated rings. The van der Waals surface area contributed by atoms with Crippen molar-refractivity contribution in [2.75, 3.05) is 7.11 Å². The molecule has 0 aliphatic heterocycles. The zero-order chi connectivity index (χ0) is 8.27. The third-order valence-electron chi connectivity index (χ3n) is 1.19. The Balaban J connectivity index is 2.73. The number of carboxylic acid groups (broad SMARTS) is 1. The van der Waals surface area contributed by atoms with Crippen LogP contribution in [0.25, 0.3) is 0 Å². The third kappa shape index (κ3) is 1.81. The van der Waals surface area contributed by atoms with Gasteiger partial charge in [0.05, 0.1) is 5.56 Å². The second kappa shape index (κ2) is 3.21. The number of furan rings is 1. The summed E-state index contributed by atoms with van der Waals surface area (Å²) < 4.78 is 9.59. The first kappa shape index (κ1) is 7.81. The Morgan fingerprint density at radius 2 is 2.55 bits per heavy atom. The predicted molar refractivity (Wildman–Crippen MR) is 36.4 cm³/mol. The van der Waals surface area contributed by atoms with Crippen LogP contribution in [0.5, 0.6) is 0 Å². The van der Waals surface area contributed by atoms with E-state index in [1.807, 2.05) is 0 Å². The van der Waals surface area contributed by atoms with E-state index in [0.29, 0.717) is 12.4 Å². The van der Waals surface area contributed by atoms with Crippen LogP contribution in [0.1, 0.15) is 16.1 Å². The summed E-state index contributed by atoms with van der Waals surface area (Å²) in [6.45, 7) is 0.299. The highest BCUT2D eigenvalue weighted by Gasteiger charge is 2.06. The van der Waals surface area contributed by atoms with Crippen LogP contribution in [0.15, 0.2) is 16.7 Å². The third-order valence-corrected chi connectivity index (χ3v) is 1.19. The number of hydrogen-bond donors (Lipinski definition) is 1. The second-order valence-corrected chi connectivity index (χ2v) is 2.04. The van der Waals surface area contributed by atoms with Gasteiger partial charge < -0.3 is 14.3 Å². The molecule has 4 heteroatoms. The highest BCUT2D eigenvalue weighted by atomic mass is 16.5. The number of carboxylic acids is 1. The highest BCUT2D eigenvalue weighted by molar-refractivity contribution is 5.87. The Morgan fingerprint density at radius 3 is 3.00 bits per heavy atom. The highest BCUT2D eigenvalue weighted by Crippen LogP contribution is 2.07. The molecule has 0 aliphatic carbocycles. The van der Waals surface area contributed by atoms with Crippen molar-refractivity contribution in [3.8, 4) is 0 Å². The molecule has 0 unspecified atom stereocenters. The fourth-order valence-corrected chi connectivity index (χ4v) is 0.711. The van der Waals surface area contributed by atoms with Gasteiger partial charge in [-0.05, 0) is 6.07 Å². The van der Waals surface area contributed by atoms with Gasteiger partial charge in [0.2, 0.25) is 0 Å². The van der Waals surface area contributed by atoms with Gasteiger partial charge in [-0.2, -0.15) is 0 Å². The van der Waals surface area contributed by atoms with Gasteiger partial charge in [-0.15, -0.1) is 0 Å². The van der Waals surface area contributed by atoms with Crippen LogP contribution in [0, 0.1) is 0 Å². The Bertz CT molecular complexity index is 251. The molecule has 0 aromatic carbocycles. The lowest BCUT2D eigenvalue weighted by atomic mass is 10.3. The summed E-state index contributed by atoms with van der Waals surface area (Å²) in [4.78, 5) is 10.3. The van der Waals surface area contributed by atoms with Crippen LogP contribution in [-0.4, -0.2) is 18.2 Å². The van der Waals surface area contributed by atoms with Crippen molar-refractivity contribution in [2.24, 2.45) is 0 Å².